The van der Waals surface area contributed by atoms with Crippen LogP contribution in [0.25, 0.3) is 6.20 Å². The minimum atomic E-state index is 0. The van der Waals surface area contributed by atoms with Gasteiger partial charge in [-0.1, -0.05) is 14.0 Å². The van der Waals surface area contributed by atoms with Crippen molar-refractivity contribution in [3.8, 4) is 0 Å². The third-order valence-electron chi connectivity index (χ3n) is 0.736. The lowest BCUT2D eigenvalue weighted by molar-refractivity contribution is 1.14. The summed E-state index contributed by atoms with van der Waals surface area (Å²) in [5.41, 5.74) is 0. The average Bonchev–Trinajstić information content (AvgIpc) is 2.14. The molecule has 1 aromatic heterocycles. The Morgan fingerprint density at radius 3 is 2.62 bits per heavy atom. The quantitative estimate of drug-likeness (QED) is 0.537. The fourth-order valence-electron chi connectivity index (χ4n) is 0.377. The van der Waals surface area contributed by atoms with Crippen LogP contribution in [0.15, 0.2) is 25.3 Å². The molecule has 0 aromatic carbocycles. The Bertz CT molecular complexity index is 142. The van der Waals surface area contributed by atoms with E-state index in [-0.39, 0.29) is 7.43 Å². The zero-order valence-corrected chi connectivity index (χ0v) is 3.91. The third-order valence-corrected chi connectivity index (χ3v) is 0.736. The van der Waals surface area contributed by atoms with Gasteiger partial charge in [-0.3, -0.25) is 0 Å². The summed E-state index contributed by atoms with van der Waals surface area (Å²) >= 11 is 0. The van der Waals surface area contributed by atoms with Gasteiger partial charge < -0.3 is 4.57 Å². The standard InChI is InChI=1S/C5H6N2.CH4/c1-2-7-4-3-6-5-7;/h2-5H,1H2;1H4. The molecule has 0 aliphatic heterocycles. The minimum absolute atomic E-state index is 0. The van der Waals surface area contributed by atoms with E-state index in [4.69, 9.17) is 0 Å². The lowest BCUT2D eigenvalue weighted by atomic mass is 10.9. The van der Waals surface area contributed by atoms with Gasteiger partial charge in [0.25, 0.3) is 0 Å². The maximum absolute atomic E-state index is 3.78. The summed E-state index contributed by atoms with van der Waals surface area (Å²) in [6.07, 6.45) is 6.91. The van der Waals surface area contributed by atoms with Crippen molar-refractivity contribution in [1.82, 2.24) is 9.55 Å². The molecule has 44 valence electrons. The predicted octanol–water partition coefficient (Wildman–Crippen LogP) is 1.62. The van der Waals surface area contributed by atoms with Crippen LogP contribution in [0.3, 0.4) is 0 Å². The van der Waals surface area contributed by atoms with E-state index in [0.29, 0.717) is 0 Å². The molecule has 0 amide bonds. The van der Waals surface area contributed by atoms with Crippen molar-refractivity contribution >= 4 is 6.20 Å². The fraction of sp³-hybridized carbons (Fsp3) is 0.167. The molecule has 8 heavy (non-hydrogen) atoms. The van der Waals surface area contributed by atoms with E-state index in [1.165, 1.54) is 0 Å². The normalized spacial score (nSPS) is 7.50. The summed E-state index contributed by atoms with van der Waals surface area (Å²) in [6, 6.07) is 0. The molecule has 1 heterocycles. The van der Waals surface area contributed by atoms with Gasteiger partial charge in [-0.25, -0.2) is 4.98 Å². The zero-order chi connectivity index (χ0) is 5.11. The van der Waals surface area contributed by atoms with Crippen molar-refractivity contribution in [2.75, 3.05) is 0 Å². The second kappa shape index (κ2) is 3.02. The Kier molecular flexibility index (Phi) is 2.62. The lowest BCUT2D eigenvalue weighted by Crippen LogP contribution is -1.73. The summed E-state index contributed by atoms with van der Waals surface area (Å²) in [6.45, 7) is 3.53. The Hall–Kier alpha value is -1.05. The van der Waals surface area contributed by atoms with Gasteiger partial charge in [0.05, 0.1) is 6.33 Å². The van der Waals surface area contributed by atoms with Crippen LogP contribution in [0.4, 0.5) is 0 Å². The lowest BCUT2D eigenvalue weighted by Gasteiger charge is -1.80. The predicted molar refractivity (Wildman–Crippen MR) is 35.3 cm³/mol. The van der Waals surface area contributed by atoms with Crippen molar-refractivity contribution in [2.45, 2.75) is 7.43 Å². The molecular weight excluding hydrogens is 100 g/mol. The monoisotopic (exact) mass is 110 g/mol. The fourth-order valence-corrected chi connectivity index (χ4v) is 0.377. The first-order valence-electron chi connectivity index (χ1n) is 2.03. The summed E-state index contributed by atoms with van der Waals surface area (Å²) < 4.78 is 1.78. The van der Waals surface area contributed by atoms with Crippen molar-refractivity contribution in [3.63, 3.8) is 0 Å². The molecule has 0 fully saturated rings. The highest BCUT2D eigenvalue weighted by molar-refractivity contribution is 5.14. The van der Waals surface area contributed by atoms with Crippen molar-refractivity contribution < 1.29 is 0 Å². The Labute approximate surface area is 49.5 Å². The molecule has 1 aromatic rings. The Morgan fingerprint density at radius 2 is 2.38 bits per heavy atom. The third kappa shape index (κ3) is 1.22. The molecule has 1 rings (SSSR count). The molecule has 0 saturated carbocycles. The van der Waals surface area contributed by atoms with E-state index < -0.39 is 0 Å². The van der Waals surface area contributed by atoms with Crippen LogP contribution in [-0.2, 0) is 0 Å². The van der Waals surface area contributed by atoms with Gasteiger partial charge in [0.1, 0.15) is 0 Å². The second-order valence-corrected chi connectivity index (χ2v) is 1.19. The number of hydrogen-bond donors (Lipinski definition) is 0. The smallest absolute Gasteiger partial charge is 0.0986 e. The Balaban J connectivity index is 0.000000490. The molecule has 0 N–H and O–H groups in total. The SMILES string of the molecule is C.C=Cn1ccnc1. The highest BCUT2D eigenvalue weighted by atomic mass is 15.0. The van der Waals surface area contributed by atoms with Gasteiger partial charge in [-0.2, -0.15) is 0 Å². The first-order valence-corrected chi connectivity index (χ1v) is 2.03. The van der Waals surface area contributed by atoms with E-state index >= 15 is 0 Å². The molecule has 2 heteroatoms. The first-order chi connectivity index (χ1) is 3.43. The zero-order valence-electron chi connectivity index (χ0n) is 3.91. The van der Waals surface area contributed by atoms with E-state index in [2.05, 4.69) is 11.6 Å². The summed E-state index contributed by atoms with van der Waals surface area (Å²) in [5, 5.41) is 0. The van der Waals surface area contributed by atoms with Crippen LogP contribution in [0.1, 0.15) is 7.43 Å². The summed E-state index contributed by atoms with van der Waals surface area (Å²) in [5.74, 6) is 0. The number of hydrogen-bond acceptors (Lipinski definition) is 1. The van der Waals surface area contributed by atoms with E-state index in [9.17, 15) is 0 Å². The highest BCUT2D eigenvalue weighted by Crippen LogP contribution is 1.81. The topological polar surface area (TPSA) is 17.8 Å². The van der Waals surface area contributed by atoms with Crippen LogP contribution in [0.2, 0.25) is 0 Å². The second-order valence-electron chi connectivity index (χ2n) is 1.19. The average molecular weight is 110 g/mol. The van der Waals surface area contributed by atoms with Gasteiger partial charge in [0.15, 0.2) is 0 Å². The van der Waals surface area contributed by atoms with Gasteiger partial charge in [0, 0.05) is 18.6 Å². The summed E-state index contributed by atoms with van der Waals surface area (Å²) in [4.78, 5) is 3.78. The van der Waals surface area contributed by atoms with Gasteiger partial charge in [-0.05, 0) is 0 Å². The van der Waals surface area contributed by atoms with Crippen LogP contribution in [-0.4, -0.2) is 9.55 Å². The number of aromatic nitrogens is 2. The molecule has 0 spiro atoms. The molecule has 0 aliphatic rings. The molecule has 0 unspecified atom stereocenters. The molecule has 0 atom stereocenters. The number of nitrogens with zero attached hydrogens (tertiary/aromatic N) is 2. The van der Waals surface area contributed by atoms with Crippen LogP contribution in [0, 0.1) is 0 Å². The first kappa shape index (κ1) is 6.95. The van der Waals surface area contributed by atoms with Crippen molar-refractivity contribution in [2.24, 2.45) is 0 Å². The number of rotatable bonds is 1. The molecule has 0 radical (unpaired) electrons. The minimum Gasteiger partial charge on any atom is -0.314 e. The van der Waals surface area contributed by atoms with Crippen molar-refractivity contribution in [3.05, 3.63) is 25.3 Å². The maximum Gasteiger partial charge on any atom is 0.0986 e. The van der Waals surface area contributed by atoms with E-state index in [1.54, 1.807) is 23.3 Å². The number of imidazole rings is 1. The molecule has 2 nitrogen and oxygen atoms in total. The highest BCUT2D eigenvalue weighted by Gasteiger charge is 1.73. The van der Waals surface area contributed by atoms with Crippen LogP contribution in [0.5, 0.6) is 0 Å². The van der Waals surface area contributed by atoms with Crippen LogP contribution >= 0.6 is 0 Å². The molecule has 0 aliphatic carbocycles. The van der Waals surface area contributed by atoms with Gasteiger partial charge >= 0.3 is 0 Å². The van der Waals surface area contributed by atoms with Gasteiger partial charge in [0.2, 0.25) is 0 Å². The maximum atomic E-state index is 3.78. The van der Waals surface area contributed by atoms with E-state index in [1.807, 2.05) is 6.20 Å². The molecule has 0 bridgehead atoms. The van der Waals surface area contributed by atoms with Crippen molar-refractivity contribution in [1.29, 1.82) is 0 Å². The Morgan fingerprint density at radius 1 is 1.62 bits per heavy atom. The molecular formula is C6H10N2. The largest absolute Gasteiger partial charge is 0.314 e. The molecule has 0 saturated heterocycles. The van der Waals surface area contributed by atoms with Crippen LogP contribution < -0.4 is 0 Å². The van der Waals surface area contributed by atoms with E-state index in [0.717, 1.165) is 0 Å². The summed E-state index contributed by atoms with van der Waals surface area (Å²) in [7, 11) is 0. The van der Waals surface area contributed by atoms with Gasteiger partial charge in [-0.15, -0.1) is 0 Å².